The van der Waals surface area contributed by atoms with E-state index in [0.717, 1.165) is 28.5 Å². The van der Waals surface area contributed by atoms with Gasteiger partial charge in [0.25, 0.3) is 0 Å². The molecule has 0 atom stereocenters. The number of benzene rings is 7. The second kappa shape index (κ2) is 10.4. The fourth-order valence-electron chi connectivity index (χ4n) is 7.89. The summed E-state index contributed by atoms with van der Waals surface area (Å²) in [5, 5.41) is 2.41. The highest BCUT2D eigenvalue weighted by atomic mass is 16.6. The summed E-state index contributed by atoms with van der Waals surface area (Å²) in [7, 11) is 0. The van der Waals surface area contributed by atoms with E-state index in [-0.39, 0.29) is 5.41 Å². The first-order valence-electron chi connectivity index (χ1n) is 16.8. The second-order valence-corrected chi connectivity index (χ2v) is 13.4. The minimum atomic E-state index is -0.128. The van der Waals surface area contributed by atoms with Crippen molar-refractivity contribution in [3.63, 3.8) is 0 Å². The molecule has 0 fully saturated rings. The molecule has 234 valence electrons. The largest absolute Gasteiger partial charge is 0.450 e. The predicted octanol–water partition coefficient (Wildman–Crippen LogP) is 12.5. The minimum absolute atomic E-state index is 0.128. The molecule has 4 nitrogen and oxygen atoms in total. The number of rotatable bonds is 4. The third-order valence-electron chi connectivity index (χ3n) is 10.2. The van der Waals surface area contributed by atoms with Crippen LogP contribution in [0.1, 0.15) is 25.0 Å². The molecule has 0 bridgehead atoms. The maximum absolute atomic E-state index is 6.41. The van der Waals surface area contributed by atoms with E-state index < -0.39 is 0 Å². The predicted molar refractivity (Wildman–Crippen MR) is 200 cm³/mol. The number of nitrogens with zero attached hydrogens (tertiary/aromatic N) is 2. The molecule has 2 aliphatic rings. The van der Waals surface area contributed by atoms with E-state index in [1.165, 1.54) is 44.1 Å². The van der Waals surface area contributed by atoms with Gasteiger partial charge >= 0.3 is 0 Å². The summed E-state index contributed by atoms with van der Waals surface area (Å²) in [5.41, 5.74) is 11.8. The van der Waals surface area contributed by atoms with Crippen LogP contribution < -0.4 is 14.4 Å². The number of aromatic nitrogens is 1. The van der Waals surface area contributed by atoms with Gasteiger partial charge in [-0.1, -0.05) is 92.7 Å². The molecular weight excluding hydrogens is 601 g/mol. The molecule has 7 aromatic carbocycles. The first-order chi connectivity index (χ1) is 24.0. The van der Waals surface area contributed by atoms with Crippen molar-refractivity contribution in [1.29, 1.82) is 0 Å². The van der Waals surface area contributed by atoms with E-state index in [1.54, 1.807) is 0 Å². The van der Waals surface area contributed by atoms with Gasteiger partial charge in [-0.3, -0.25) is 0 Å². The Labute approximate surface area is 285 Å². The lowest BCUT2D eigenvalue weighted by Crippen LogP contribution is -2.16. The van der Waals surface area contributed by atoms with E-state index in [1.807, 2.05) is 30.3 Å². The van der Waals surface area contributed by atoms with E-state index in [0.29, 0.717) is 17.2 Å². The summed E-state index contributed by atoms with van der Waals surface area (Å²) in [4.78, 5) is 2.34. The molecule has 0 N–H and O–H groups in total. The number of fused-ring (bicyclic) bond motifs is 8. The van der Waals surface area contributed by atoms with Gasteiger partial charge in [-0.2, -0.15) is 0 Å². The zero-order chi connectivity index (χ0) is 32.7. The Morgan fingerprint density at radius 2 is 1.04 bits per heavy atom. The average Bonchev–Trinajstić information content (AvgIpc) is 3.59. The number of hydrogen-bond donors (Lipinski definition) is 0. The van der Waals surface area contributed by atoms with Crippen molar-refractivity contribution in [2.75, 3.05) is 4.90 Å². The SMILES string of the molecule is CC1(C)c2ccccc2-c2ccc(N(c3ccc4c(c3)Oc3ccccc3O4)c3ccc4c(c3)c3ccccc3n4-c3ccccc3)cc21. The van der Waals surface area contributed by atoms with Gasteiger partial charge < -0.3 is 18.9 Å². The molecule has 1 aromatic heterocycles. The van der Waals surface area contributed by atoms with E-state index in [4.69, 9.17) is 9.47 Å². The van der Waals surface area contributed by atoms with Gasteiger partial charge in [-0.15, -0.1) is 0 Å². The lowest BCUT2D eigenvalue weighted by atomic mass is 9.82. The maximum Gasteiger partial charge on any atom is 0.172 e. The Kier molecular flexibility index (Phi) is 5.89. The number of hydrogen-bond acceptors (Lipinski definition) is 3. The van der Waals surface area contributed by atoms with Crippen molar-refractivity contribution in [2.45, 2.75) is 19.3 Å². The van der Waals surface area contributed by atoms with Crippen LogP contribution in [0.2, 0.25) is 0 Å². The third kappa shape index (κ3) is 4.17. The molecule has 0 saturated heterocycles. The van der Waals surface area contributed by atoms with Crippen molar-refractivity contribution < 1.29 is 9.47 Å². The van der Waals surface area contributed by atoms with Crippen LogP contribution in [0.3, 0.4) is 0 Å². The summed E-state index contributed by atoms with van der Waals surface area (Å²) in [6, 6.07) is 55.8. The normalized spacial score (nSPS) is 13.6. The monoisotopic (exact) mass is 632 g/mol. The van der Waals surface area contributed by atoms with E-state index >= 15 is 0 Å². The standard InChI is InChI=1S/C45H32N2O2/c1-45(2)37-16-8-6-14-33(37)34-23-20-31(27-38(34)45)46(32-22-25-43-44(28-32)49-42-19-11-10-18-41(42)48-43)30-21-24-40-36(26-30)35-15-7-9-17-39(35)47(40)29-12-4-3-5-13-29/h3-28H,1-2H3. The molecule has 1 aliphatic heterocycles. The van der Waals surface area contributed by atoms with Crippen LogP contribution in [-0.4, -0.2) is 4.57 Å². The van der Waals surface area contributed by atoms with Crippen molar-refractivity contribution >= 4 is 38.9 Å². The second-order valence-electron chi connectivity index (χ2n) is 13.4. The van der Waals surface area contributed by atoms with Gasteiger partial charge in [0.1, 0.15) is 0 Å². The topological polar surface area (TPSA) is 26.6 Å². The highest BCUT2D eigenvalue weighted by Gasteiger charge is 2.36. The quantitative estimate of drug-likeness (QED) is 0.193. The van der Waals surface area contributed by atoms with Crippen LogP contribution >= 0.6 is 0 Å². The molecule has 4 heteroatoms. The summed E-state index contributed by atoms with van der Waals surface area (Å²) >= 11 is 0. The van der Waals surface area contributed by atoms with Gasteiger partial charge in [-0.05, 0) is 95.1 Å². The highest BCUT2D eigenvalue weighted by Crippen LogP contribution is 2.52. The lowest BCUT2D eigenvalue weighted by molar-refractivity contribution is 0.360. The Morgan fingerprint density at radius 3 is 1.90 bits per heavy atom. The summed E-state index contributed by atoms with van der Waals surface area (Å²) in [6.45, 7) is 4.66. The highest BCUT2D eigenvalue weighted by molar-refractivity contribution is 6.10. The molecule has 8 aromatic rings. The first kappa shape index (κ1) is 27.8. The number of anilines is 3. The molecule has 49 heavy (non-hydrogen) atoms. The molecule has 0 saturated carbocycles. The van der Waals surface area contributed by atoms with Crippen molar-refractivity contribution in [1.82, 2.24) is 4.57 Å². The van der Waals surface area contributed by atoms with Crippen LogP contribution in [-0.2, 0) is 5.41 Å². The first-order valence-corrected chi connectivity index (χ1v) is 16.8. The molecular formula is C45H32N2O2. The minimum Gasteiger partial charge on any atom is -0.450 e. The molecule has 10 rings (SSSR count). The van der Waals surface area contributed by atoms with Crippen LogP contribution in [0, 0.1) is 0 Å². The average molecular weight is 633 g/mol. The molecule has 2 heterocycles. The van der Waals surface area contributed by atoms with Crippen LogP contribution in [0.4, 0.5) is 17.1 Å². The van der Waals surface area contributed by atoms with Gasteiger partial charge in [0.15, 0.2) is 23.0 Å². The van der Waals surface area contributed by atoms with Crippen molar-refractivity contribution in [2.24, 2.45) is 0 Å². The Hall–Kier alpha value is -6.26. The Morgan fingerprint density at radius 1 is 0.449 bits per heavy atom. The molecule has 0 unspecified atom stereocenters. The third-order valence-corrected chi connectivity index (χ3v) is 10.2. The van der Waals surface area contributed by atoms with Gasteiger partial charge in [-0.25, -0.2) is 0 Å². The fourth-order valence-corrected chi connectivity index (χ4v) is 7.89. The lowest BCUT2D eigenvalue weighted by Gasteiger charge is -2.29. The van der Waals surface area contributed by atoms with Crippen molar-refractivity contribution in [3.05, 3.63) is 169 Å². The van der Waals surface area contributed by atoms with Gasteiger partial charge in [0.2, 0.25) is 0 Å². The zero-order valence-electron chi connectivity index (χ0n) is 27.2. The van der Waals surface area contributed by atoms with Gasteiger partial charge in [0.05, 0.1) is 16.7 Å². The maximum atomic E-state index is 6.41. The smallest absolute Gasteiger partial charge is 0.172 e. The number of ether oxygens (including phenoxy) is 2. The molecule has 1 aliphatic carbocycles. The molecule has 0 amide bonds. The van der Waals surface area contributed by atoms with Gasteiger partial charge in [0, 0.05) is 39.3 Å². The summed E-state index contributed by atoms with van der Waals surface area (Å²) < 4.78 is 15.0. The van der Waals surface area contributed by atoms with Crippen LogP contribution in [0.5, 0.6) is 23.0 Å². The van der Waals surface area contributed by atoms with E-state index in [9.17, 15) is 0 Å². The van der Waals surface area contributed by atoms with E-state index in [2.05, 4.69) is 151 Å². The zero-order valence-corrected chi connectivity index (χ0v) is 27.2. The van der Waals surface area contributed by atoms with Crippen LogP contribution in [0.15, 0.2) is 158 Å². The summed E-state index contributed by atoms with van der Waals surface area (Å²) in [6.07, 6.45) is 0. The Bertz CT molecular complexity index is 2600. The van der Waals surface area contributed by atoms with Crippen LogP contribution in [0.25, 0.3) is 38.6 Å². The fraction of sp³-hybridized carbons (Fsp3) is 0.0667. The summed E-state index contributed by atoms with van der Waals surface area (Å²) in [5.74, 6) is 2.83. The molecule has 0 spiro atoms. The number of para-hydroxylation sites is 4. The molecule has 0 radical (unpaired) electrons. The Balaban J connectivity index is 1.18. The van der Waals surface area contributed by atoms with Crippen molar-refractivity contribution in [3.8, 4) is 39.8 Å².